The molecule has 1 atom stereocenters. The molecular formula is C22H28N2O3S. The third-order valence-electron chi connectivity index (χ3n) is 4.95. The number of ether oxygens (including phenoxy) is 1. The van der Waals surface area contributed by atoms with E-state index >= 15 is 0 Å². The van der Waals surface area contributed by atoms with Gasteiger partial charge in [0.1, 0.15) is 5.00 Å². The molecule has 0 spiro atoms. The summed E-state index contributed by atoms with van der Waals surface area (Å²) in [6, 6.07) is 10.0. The molecule has 0 saturated carbocycles. The van der Waals surface area contributed by atoms with Gasteiger partial charge in [-0.3, -0.25) is 9.69 Å². The molecule has 0 aliphatic heterocycles. The highest BCUT2D eigenvalue weighted by atomic mass is 32.1. The minimum atomic E-state index is -0.331. The maximum absolute atomic E-state index is 12.6. The third-order valence-corrected chi connectivity index (χ3v) is 6.12. The average Bonchev–Trinajstić information content (AvgIpc) is 2.99. The lowest BCUT2D eigenvalue weighted by molar-refractivity contribution is -0.117. The Morgan fingerprint density at radius 3 is 2.75 bits per heavy atom. The van der Waals surface area contributed by atoms with Gasteiger partial charge in [-0.1, -0.05) is 37.3 Å². The second-order valence-corrected chi connectivity index (χ2v) is 8.59. The summed E-state index contributed by atoms with van der Waals surface area (Å²) < 4.78 is 5.27. The first-order chi connectivity index (χ1) is 13.5. The quantitative estimate of drug-likeness (QED) is 0.711. The van der Waals surface area contributed by atoms with Gasteiger partial charge in [0.25, 0.3) is 0 Å². The molecule has 150 valence electrons. The number of benzene rings is 1. The first-order valence-electron chi connectivity index (χ1n) is 9.81. The fourth-order valence-corrected chi connectivity index (χ4v) is 5.04. The molecular weight excluding hydrogens is 372 g/mol. The summed E-state index contributed by atoms with van der Waals surface area (Å²) >= 11 is 1.53. The lowest BCUT2D eigenvalue weighted by Gasteiger charge is -2.18. The van der Waals surface area contributed by atoms with Crippen LogP contribution < -0.4 is 5.32 Å². The Bertz CT molecular complexity index is 832. The smallest absolute Gasteiger partial charge is 0.341 e. The Kier molecular flexibility index (Phi) is 6.86. The second kappa shape index (κ2) is 9.34. The molecule has 0 bridgehead atoms. The number of carbonyl (C=O) groups is 2. The number of hydrogen-bond donors (Lipinski definition) is 1. The van der Waals surface area contributed by atoms with E-state index in [1.807, 2.05) is 42.3 Å². The van der Waals surface area contributed by atoms with Crippen molar-refractivity contribution in [3.8, 4) is 0 Å². The number of esters is 1. The summed E-state index contributed by atoms with van der Waals surface area (Å²) in [4.78, 5) is 28.3. The molecule has 1 aromatic heterocycles. The lowest BCUT2D eigenvalue weighted by Crippen LogP contribution is -2.30. The average molecular weight is 401 g/mol. The Morgan fingerprint density at radius 1 is 1.29 bits per heavy atom. The number of likely N-dealkylation sites (N-methyl/N-ethyl adjacent to an activating group) is 1. The Labute approximate surface area is 170 Å². The molecule has 1 heterocycles. The van der Waals surface area contributed by atoms with E-state index in [0.29, 0.717) is 29.6 Å². The monoisotopic (exact) mass is 400 g/mol. The van der Waals surface area contributed by atoms with E-state index in [1.54, 1.807) is 6.92 Å². The predicted octanol–water partition coefficient (Wildman–Crippen LogP) is 4.12. The third kappa shape index (κ3) is 5.00. The number of anilines is 1. The van der Waals surface area contributed by atoms with Gasteiger partial charge in [-0.2, -0.15) is 0 Å². The summed E-state index contributed by atoms with van der Waals surface area (Å²) in [6.45, 7) is 5.31. The topological polar surface area (TPSA) is 58.6 Å². The molecule has 0 fully saturated rings. The molecule has 1 aromatic carbocycles. The van der Waals surface area contributed by atoms with Gasteiger partial charge in [0.15, 0.2) is 0 Å². The van der Waals surface area contributed by atoms with Crippen LogP contribution in [0.15, 0.2) is 30.3 Å². The molecule has 1 N–H and O–H groups in total. The maximum atomic E-state index is 12.6. The molecule has 0 saturated heterocycles. The lowest BCUT2D eigenvalue weighted by atomic mass is 9.88. The second-order valence-electron chi connectivity index (χ2n) is 7.48. The van der Waals surface area contributed by atoms with Crippen LogP contribution in [0.4, 0.5) is 5.00 Å². The zero-order valence-corrected chi connectivity index (χ0v) is 17.6. The molecule has 1 aliphatic rings. The van der Waals surface area contributed by atoms with Gasteiger partial charge in [-0.15, -0.1) is 11.3 Å². The van der Waals surface area contributed by atoms with Crippen molar-refractivity contribution in [1.82, 2.24) is 4.90 Å². The van der Waals surface area contributed by atoms with Crippen molar-refractivity contribution in [2.75, 3.05) is 25.5 Å². The van der Waals surface area contributed by atoms with Crippen LogP contribution in [-0.4, -0.2) is 37.0 Å². The number of rotatable bonds is 7. The predicted molar refractivity (Wildman–Crippen MR) is 113 cm³/mol. The molecule has 28 heavy (non-hydrogen) atoms. The molecule has 3 rings (SSSR count). The van der Waals surface area contributed by atoms with E-state index < -0.39 is 0 Å². The molecule has 0 unspecified atom stereocenters. The number of nitrogens with one attached hydrogen (secondary N) is 1. The van der Waals surface area contributed by atoms with Crippen LogP contribution in [0.2, 0.25) is 0 Å². The normalized spacial score (nSPS) is 15.9. The number of nitrogens with zero attached hydrogens (tertiary/aromatic N) is 1. The van der Waals surface area contributed by atoms with Crippen molar-refractivity contribution >= 4 is 28.2 Å². The first kappa shape index (κ1) is 20.6. The highest BCUT2D eigenvalue weighted by Crippen LogP contribution is 2.40. The van der Waals surface area contributed by atoms with E-state index in [0.717, 1.165) is 30.4 Å². The number of fused-ring (bicyclic) bond motifs is 1. The molecule has 0 radical (unpaired) electrons. The Hall–Kier alpha value is -2.18. The molecule has 5 nitrogen and oxygen atoms in total. The standard InChI is InChI=1S/C22H28N2O3S/c1-4-27-22(26)20-17-11-10-15(2)12-18(17)28-21(20)23-19(25)14-24(3)13-16-8-6-5-7-9-16/h5-9,15H,4,10-14H2,1-3H3,(H,23,25)/t15-/m0/s1. The van der Waals surface area contributed by atoms with E-state index in [1.165, 1.54) is 16.2 Å². The van der Waals surface area contributed by atoms with Crippen LogP contribution in [0.25, 0.3) is 0 Å². The summed E-state index contributed by atoms with van der Waals surface area (Å²) in [5, 5.41) is 3.61. The highest BCUT2D eigenvalue weighted by molar-refractivity contribution is 7.17. The summed E-state index contributed by atoms with van der Waals surface area (Å²) in [6.07, 6.45) is 2.88. The van der Waals surface area contributed by atoms with Crippen molar-refractivity contribution in [3.05, 3.63) is 51.9 Å². The fraction of sp³-hybridized carbons (Fsp3) is 0.455. The number of amides is 1. The minimum Gasteiger partial charge on any atom is -0.462 e. The Morgan fingerprint density at radius 2 is 2.04 bits per heavy atom. The van der Waals surface area contributed by atoms with Gasteiger partial charge in [-0.25, -0.2) is 4.79 Å². The molecule has 1 amide bonds. The van der Waals surface area contributed by atoms with Crippen molar-refractivity contribution < 1.29 is 14.3 Å². The molecule has 1 aliphatic carbocycles. The summed E-state index contributed by atoms with van der Waals surface area (Å²) in [5.74, 6) is 0.153. The largest absolute Gasteiger partial charge is 0.462 e. The SMILES string of the molecule is CCOC(=O)c1c(NC(=O)CN(C)Cc2ccccc2)sc2c1CC[C@H](C)C2. The molecule has 2 aromatic rings. The molecule has 6 heteroatoms. The summed E-state index contributed by atoms with van der Waals surface area (Å²) in [5.41, 5.74) is 2.79. The number of hydrogen-bond acceptors (Lipinski definition) is 5. The van der Waals surface area contributed by atoms with Gasteiger partial charge >= 0.3 is 5.97 Å². The van der Waals surface area contributed by atoms with Gasteiger partial charge in [0.05, 0.1) is 18.7 Å². The van der Waals surface area contributed by atoms with Crippen molar-refractivity contribution in [3.63, 3.8) is 0 Å². The van der Waals surface area contributed by atoms with E-state index in [4.69, 9.17) is 4.74 Å². The van der Waals surface area contributed by atoms with Crippen LogP contribution in [0.1, 0.15) is 46.6 Å². The highest BCUT2D eigenvalue weighted by Gasteiger charge is 2.29. The van der Waals surface area contributed by atoms with Crippen LogP contribution in [-0.2, 0) is 28.9 Å². The van der Waals surface area contributed by atoms with Crippen molar-refractivity contribution in [2.24, 2.45) is 5.92 Å². The van der Waals surface area contributed by atoms with Crippen LogP contribution in [0, 0.1) is 5.92 Å². The zero-order chi connectivity index (χ0) is 20.1. The first-order valence-corrected chi connectivity index (χ1v) is 10.6. The fourth-order valence-electron chi connectivity index (χ4n) is 3.62. The van der Waals surface area contributed by atoms with Gasteiger partial charge in [0, 0.05) is 11.4 Å². The zero-order valence-electron chi connectivity index (χ0n) is 16.8. The van der Waals surface area contributed by atoms with Gasteiger partial charge in [-0.05, 0) is 50.3 Å². The van der Waals surface area contributed by atoms with Gasteiger partial charge < -0.3 is 10.1 Å². The van der Waals surface area contributed by atoms with E-state index in [2.05, 4.69) is 12.2 Å². The minimum absolute atomic E-state index is 0.115. The van der Waals surface area contributed by atoms with Gasteiger partial charge in [0.2, 0.25) is 5.91 Å². The van der Waals surface area contributed by atoms with Crippen LogP contribution in [0.3, 0.4) is 0 Å². The number of thiophene rings is 1. The summed E-state index contributed by atoms with van der Waals surface area (Å²) in [7, 11) is 1.92. The van der Waals surface area contributed by atoms with Crippen LogP contribution >= 0.6 is 11.3 Å². The van der Waals surface area contributed by atoms with E-state index in [-0.39, 0.29) is 18.4 Å². The van der Waals surface area contributed by atoms with Crippen LogP contribution in [0.5, 0.6) is 0 Å². The Balaban J connectivity index is 1.71. The van der Waals surface area contributed by atoms with E-state index in [9.17, 15) is 9.59 Å². The number of carbonyl (C=O) groups excluding carboxylic acids is 2. The maximum Gasteiger partial charge on any atom is 0.341 e. The van der Waals surface area contributed by atoms with Crippen molar-refractivity contribution in [2.45, 2.75) is 39.7 Å². The van der Waals surface area contributed by atoms with Crippen molar-refractivity contribution in [1.29, 1.82) is 0 Å².